The van der Waals surface area contributed by atoms with Gasteiger partial charge in [-0.05, 0) is 51.5 Å². The molecule has 7 nitrogen and oxygen atoms in total. The van der Waals surface area contributed by atoms with Gasteiger partial charge in [-0.2, -0.15) is 21.6 Å². The second-order valence-corrected chi connectivity index (χ2v) is 8.16. The molecule has 1 atom stereocenters. The molecule has 0 aliphatic heterocycles. The number of benzene rings is 1. The molecule has 1 aromatic carbocycles. The predicted molar refractivity (Wildman–Crippen MR) is 82.2 cm³/mol. The quantitative estimate of drug-likeness (QED) is 0.682. The Balaban J connectivity index is 2.00. The number of sulfonamides is 1. The lowest BCUT2D eigenvalue weighted by Crippen LogP contribution is -2.07. The van der Waals surface area contributed by atoms with E-state index < -0.39 is 32.5 Å². The smallest absolute Gasteiger partial charge is 0.248 e. The topological polar surface area (TPSA) is 98.3 Å². The summed E-state index contributed by atoms with van der Waals surface area (Å²) >= 11 is 0. The number of fused-ring (bicyclic) bond motifs is 1. The molecule has 132 valence electrons. The van der Waals surface area contributed by atoms with Gasteiger partial charge in [0.2, 0.25) is 0 Å². The largest absolute Gasteiger partial charge is 0.417 e. The van der Waals surface area contributed by atoms with Crippen molar-refractivity contribution in [3.8, 4) is 0 Å². The molecule has 0 radical (unpaired) electrons. The van der Waals surface area contributed by atoms with Gasteiger partial charge < -0.3 is 0 Å². The molecule has 0 saturated carbocycles. The van der Waals surface area contributed by atoms with Gasteiger partial charge in [0.15, 0.2) is 5.52 Å². The molecule has 12 heteroatoms. The van der Waals surface area contributed by atoms with Gasteiger partial charge in [0, 0.05) is 6.20 Å². The summed E-state index contributed by atoms with van der Waals surface area (Å²) in [7, 11) is -5.42. The Hall–Kier alpha value is -2.34. The van der Waals surface area contributed by atoms with Gasteiger partial charge in [0.1, 0.15) is 15.4 Å². The average molecular weight is 390 g/mol. The zero-order chi connectivity index (χ0) is 18.2. The molecular weight excluding hydrogens is 381 g/mol. The first-order valence-electron chi connectivity index (χ1n) is 6.57. The third-order valence-corrected chi connectivity index (χ3v) is 6.51. The van der Waals surface area contributed by atoms with Gasteiger partial charge in [-0.15, -0.1) is 3.77 Å². The summed E-state index contributed by atoms with van der Waals surface area (Å²) in [5, 5.41) is 7.21. The summed E-state index contributed by atoms with van der Waals surface area (Å²) in [6, 6.07) is 6.20. The van der Waals surface area contributed by atoms with Crippen molar-refractivity contribution < 1.29 is 26.2 Å². The lowest BCUT2D eigenvalue weighted by molar-refractivity contribution is -0.137. The minimum absolute atomic E-state index is 0.0311. The van der Waals surface area contributed by atoms with Crippen LogP contribution in [-0.4, -0.2) is 30.0 Å². The average Bonchev–Trinajstić information content (AvgIpc) is 3.02. The van der Waals surface area contributed by atoms with Crippen molar-refractivity contribution in [1.82, 2.24) is 15.3 Å². The lowest BCUT2D eigenvalue weighted by Gasteiger charge is -2.07. The summed E-state index contributed by atoms with van der Waals surface area (Å²) in [6.07, 6.45) is -2.44. The number of halogens is 3. The van der Waals surface area contributed by atoms with E-state index in [9.17, 15) is 21.6 Å². The van der Waals surface area contributed by atoms with Crippen LogP contribution >= 0.6 is 0 Å². The van der Waals surface area contributed by atoms with Crippen LogP contribution in [0.2, 0.25) is 0 Å². The fraction of sp³-hybridized carbons (Fsp3) is 0.154. The molecule has 0 N–H and O–H groups in total. The second kappa shape index (κ2) is 6.19. The third-order valence-electron chi connectivity index (χ3n) is 3.10. The molecule has 0 bridgehead atoms. The molecule has 2 aromatic heterocycles. The van der Waals surface area contributed by atoms with Crippen LogP contribution in [0.3, 0.4) is 0 Å². The summed E-state index contributed by atoms with van der Waals surface area (Å²) in [6.45, 7) is 0. The molecule has 25 heavy (non-hydrogen) atoms. The van der Waals surface area contributed by atoms with E-state index in [1.807, 2.05) is 0 Å². The molecule has 0 amide bonds. The summed E-state index contributed by atoms with van der Waals surface area (Å²) in [5.74, 6) is 0. The van der Waals surface area contributed by atoms with Crippen molar-refractivity contribution in [2.45, 2.75) is 16.1 Å². The Morgan fingerprint density at radius 3 is 2.56 bits per heavy atom. The predicted octanol–water partition coefficient (Wildman–Crippen LogP) is 2.82. The van der Waals surface area contributed by atoms with Gasteiger partial charge in [-0.3, -0.25) is 0 Å². The van der Waals surface area contributed by atoms with Crippen molar-refractivity contribution in [2.24, 2.45) is 3.77 Å². The second-order valence-electron chi connectivity index (χ2n) is 4.80. The number of alkyl halides is 3. The number of pyridine rings is 1. The van der Waals surface area contributed by atoms with Crippen LogP contribution in [0.5, 0.6) is 0 Å². The van der Waals surface area contributed by atoms with Crippen molar-refractivity contribution in [3.05, 3.63) is 42.1 Å². The summed E-state index contributed by atoms with van der Waals surface area (Å²) in [5.41, 5.74) is -0.641. The van der Waals surface area contributed by atoms with Gasteiger partial charge in [0.25, 0.3) is 10.0 Å². The van der Waals surface area contributed by atoms with Gasteiger partial charge >= 0.3 is 6.18 Å². The number of aromatic nitrogens is 3. The van der Waals surface area contributed by atoms with Crippen molar-refractivity contribution >= 4 is 31.7 Å². The van der Waals surface area contributed by atoms with Crippen molar-refractivity contribution in [2.75, 3.05) is 6.26 Å². The first-order valence-corrected chi connectivity index (χ1v) is 9.60. The van der Waals surface area contributed by atoms with Crippen LogP contribution in [0.25, 0.3) is 11.0 Å². The summed E-state index contributed by atoms with van der Waals surface area (Å²) in [4.78, 5) is 3.47. The minimum atomic E-state index is -4.52. The Morgan fingerprint density at radius 1 is 1.16 bits per heavy atom. The van der Waals surface area contributed by atoms with E-state index in [4.69, 9.17) is 0 Å². The zero-order valence-corrected chi connectivity index (χ0v) is 14.1. The normalized spacial score (nSPS) is 14.1. The number of rotatable bonds is 3. The molecule has 0 unspecified atom stereocenters. The summed E-state index contributed by atoms with van der Waals surface area (Å²) < 4.78 is 70.8. The zero-order valence-electron chi connectivity index (χ0n) is 12.4. The van der Waals surface area contributed by atoms with E-state index in [1.54, 1.807) is 0 Å². The SMILES string of the molecule is C[S@@](=NS(=O)(=O)c1cccc2nonc12)c1ccc(C(F)(F)F)cn1. The monoisotopic (exact) mass is 390 g/mol. The lowest BCUT2D eigenvalue weighted by atomic mass is 10.3. The first-order chi connectivity index (χ1) is 11.7. The van der Waals surface area contributed by atoms with Gasteiger partial charge in [0.05, 0.1) is 5.56 Å². The van der Waals surface area contributed by atoms with Gasteiger partial charge in [-0.1, -0.05) is 6.07 Å². The van der Waals surface area contributed by atoms with Crippen LogP contribution < -0.4 is 0 Å². The Kier molecular flexibility index (Phi) is 4.33. The van der Waals surface area contributed by atoms with E-state index in [1.165, 1.54) is 24.5 Å². The maximum atomic E-state index is 12.6. The van der Waals surface area contributed by atoms with Crippen LogP contribution in [0.1, 0.15) is 5.56 Å². The van der Waals surface area contributed by atoms with E-state index in [0.717, 1.165) is 12.1 Å². The molecule has 0 saturated heterocycles. The fourth-order valence-corrected chi connectivity index (χ4v) is 4.85. The highest BCUT2D eigenvalue weighted by atomic mass is 32.3. The molecule has 0 aliphatic rings. The minimum Gasteiger partial charge on any atom is -0.248 e. The molecule has 3 aromatic rings. The Labute approximate surface area is 142 Å². The number of hydrogen-bond donors (Lipinski definition) is 0. The number of hydrogen-bond acceptors (Lipinski definition) is 6. The van der Waals surface area contributed by atoms with Crippen LogP contribution in [-0.2, 0) is 26.9 Å². The van der Waals surface area contributed by atoms with E-state index in [-0.39, 0.29) is 21.0 Å². The standard InChI is InChI=1S/C13H9F3N4O3S2/c1-24(11-6-5-8(7-17-11)13(14,15)16)20-25(21,22)10-4-2-3-9-12(10)19-23-18-9/h2-7H,1H3/t24-/m1/s1. The van der Waals surface area contributed by atoms with Crippen LogP contribution in [0.15, 0.2) is 54.8 Å². The highest BCUT2D eigenvalue weighted by Gasteiger charge is 2.30. The van der Waals surface area contributed by atoms with E-state index >= 15 is 0 Å². The van der Waals surface area contributed by atoms with Gasteiger partial charge in [-0.25, -0.2) is 9.61 Å². The highest BCUT2D eigenvalue weighted by Crippen LogP contribution is 2.29. The van der Waals surface area contributed by atoms with Crippen LogP contribution in [0.4, 0.5) is 13.2 Å². The highest BCUT2D eigenvalue weighted by molar-refractivity contribution is 8.00. The van der Waals surface area contributed by atoms with Crippen molar-refractivity contribution in [3.63, 3.8) is 0 Å². The molecule has 0 aliphatic carbocycles. The van der Waals surface area contributed by atoms with Crippen molar-refractivity contribution in [1.29, 1.82) is 0 Å². The fourth-order valence-electron chi connectivity index (χ4n) is 1.94. The molecular formula is C13H9F3N4O3S2. The van der Waals surface area contributed by atoms with E-state index in [2.05, 4.69) is 23.7 Å². The molecule has 0 fully saturated rings. The molecule has 2 heterocycles. The maximum absolute atomic E-state index is 12.6. The Morgan fingerprint density at radius 2 is 1.92 bits per heavy atom. The third kappa shape index (κ3) is 3.54. The van der Waals surface area contributed by atoms with E-state index in [0.29, 0.717) is 6.20 Å². The number of nitrogens with zero attached hydrogens (tertiary/aromatic N) is 4. The molecule has 3 rings (SSSR count). The van der Waals surface area contributed by atoms with Crippen LogP contribution in [0, 0.1) is 0 Å². The Bertz CT molecular complexity index is 1060. The maximum Gasteiger partial charge on any atom is 0.417 e. The first kappa shape index (κ1) is 17.5. The molecule has 0 spiro atoms.